The number of halogens is 1. The number of benzene rings is 2. The molecule has 0 aliphatic carbocycles. The van der Waals surface area contributed by atoms with Crippen molar-refractivity contribution in [2.45, 2.75) is 26.8 Å². The highest BCUT2D eigenvalue weighted by molar-refractivity contribution is 6.30. The van der Waals surface area contributed by atoms with E-state index in [4.69, 9.17) is 16.3 Å². The Hall–Kier alpha value is -2.20. The summed E-state index contributed by atoms with van der Waals surface area (Å²) in [5.74, 6) is 1.15. The number of amides is 1. The van der Waals surface area contributed by atoms with Crippen LogP contribution in [0, 0.1) is 5.92 Å². The average molecular weight is 347 g/mol. The van der Waals surface area contributed by atoms with Crippen molar-refractivity contribution in [1.82, 2.24) is 0 Å². The van der Waals surface area contributed by atoms with Crippen LogP contribution >= 0.6 is 11.6 Å². The van der Waals surface area contributed by atoms with Gasteiger partial charge in [-0.3, -0.25) is 4.79 Å². The summed E-state index contributed by atoms with van der Waals surface area (Å²) >= 11 is 6.05. The van der Waals surface area contributed by atoms with Gasteiger partial charge >= 0.3 is 0 Å². The first-order valence-electron chi connectivity index (χ1n) is 7.94. The number of rotatable bonds is 7. The first-order valence-corrected chi connectivity index (χ1v) is 8.32. The summed E-state index contributed by atoms with van der Waals surface area (Å²) in [7, 11) is 1.64. The maximum Gasteiger partial charge on any atom is 0.224 e. The molecule has 0 spiro atoms. The van der Waals surface area contributed by atoms with Crippen LogP contribution in [0.15, 0.2) is 42.5 Å². The van der Waals surface area contributed by atoms with Crippen LogP contribution in [-0.2, 0) is 11.3 Å². The Balaban J connectivity index is 2.02. The second kappa shape index (κ2) is 8.60. The molecular formula is C19H23ClN2O2. The summed E-state index contributed by atoms with van der Waals surface area (Å²) in [5, 5.41) is 6.91. The topological polar surface area (TPSA) is 50.4 Å². The quantitative estimate of drug-likeness (QED) is 0.746. The van der Waals surface area contributed by atoms with Crippen molar-refractivity contribution < 1.29 is 9.53 Å². The van der Waals surface area contributed by atoms with Crippen molar-refractivity contribution in [2.75, 3.05) is 17.7 Å². The van der Waals surface area contributed by atoms with Gasteiger partial charge in [0, 0.05) is 34.9 Å². The molecule has 2 N–H and O–H groups in total. The Morgan fingerprint density at radius 3 is 2.62 bits per heavy atom. The highest BCUT2D eigenvalue weighted by Crippen LogP contribution is 2.24. The molecule has 0 radical (unpaired) electrons. The first-order chi connectivity index (χ1) is 11.5. The minimum atomic E-state index is 0.0265. The smallest absolute Gasteiger partial charge is 0.224 e. The first kappa shape index (κ1) is 18.1. The molecule has 2 rings (SSSR count). The molecule has 0 saturated heterocycles. The number of ether oxygens (including phenoxy) is 1. The summed E-state index contributed by atoms with van der Waals surface area (Å²) in [6, 6.07) is 13.2. The molecule has 2 aromatic rings. The van der Waals surface area contributed by atoms with Crippen LogP contribution in [0.25, 0.3) is 0 Å². The van der Waals surface area contributed by atoms with Gasteiger partial charge in [0.15, 0.2) is 0 Å². The second-order valence-electron chi connectivity index (χ2n) is 6.04. The maximum absolute atomic E-state index is 11.9. The number of hydrogen-bond acceptors (Lipinski definition) is 3. The molecule has 0 aromatic heterocycles. The van der Waals surface area contributed by atoms with E-state index in [0.29, 0.717) is 23.9 Å². The van der Waals surface area contributed by atoms with Gasteiger partial charge in [0.25, 0.3) is 0 Å². The van der Waals surface area contributed by atoms with Crippen LogP contribution in [0.2, 0.25) is 5.02 Å². The minimum Gasteiger partial charge on any atom is -0.496 e. The van der Waals surface area contributed by atoms with E-state index >= 15 is 0 Å². The highest BCUT2D eigenvalue weighted by Gasteiger charge is 2.07. The van der Waals surface area contributed by atoms with Crippen molar-refractivity contribution in [3.63, 3.8) is 0 Å². The van der Waals surface area contributed by atoms with Gasteiger partial charge in [-0.15, -0.1) is 0 Å². The molecule has 1 amide bonds. The lowest BCUT2D eigenvalue weighted by atomic mass is 10.1. The number of carbonyl (C=O) groups is 1. The summed E-state index contributed by atoms with van der Waals surface area (Å²) in [6.45, 7) is 4.62. The molecular weight excluding hydrogens is 324 g/mol. The summed E-state index contributed by atoms with van der Waals surface area (Å²) < 4.78 is 5.35. The van der Waals surface area contributed by atoms with E-state index in [1.807, 2.05) is 50.2 Å². The van der Waals surface area contributed by atoms with Gasteiger partial charge < -0.3 is 15.4 Å². The predicted octanol–water partition coefficient (Wildman–Crippen LogP) is 4.95. The Morgan fingerprint density at radius 1 is 1.17 bits per heavy atom. The molecule has 0 aliphatic rings. The maximum atomic E-state index is 11.9. The van der Waals surface area contributed by atoms with E-state index in [0.717, 1.165) is 22.7 Å². The van der Waals surface area contributed by atoms with Gasteiger partial charge in [-0.25, -0.2) is 0 Å². The Kier molecular flexibility index (Phi) is 6.50. The van der Waals surface area contributed by atoms with Crippen LogP contribution in [0.1, 0.15) is 25.8 Å². The summed E-state index contributed by atoms with van der Waals surface area (Å²) in [4.78, 5) is 11.9. The van der Waals surface area contributed by atoms with Gasteiger partial charge in [-0.05, 0) is 42.3 Å². The minimum absolute atomic E-state index is 0.0265. The van der Waals surface area contributed by atoms with Crippen LogP contribution < -0.4 is 15.4 Å². The third-order valence-electron chi connectivity index (χ3n) is 3.47. The van der Waals surface area contributed by atoms with E-state index < -0.39 is 0 Å². The normalized spacial score (nSPS) is 10.5. The van der Waals surface area contributed by atoms with Crippen molar-refractivity contribution in [3.05, 3.63) is 53.1 Å². The van der Waals surface area contributed by atoms with Crippen molar-refractivity contribution in [3.8, 4) is 5.75 Å². The Morgan fingerprint density at radius 2 is 1.92 bits per heavy atom. The van der Waals surface area contributed by atoms with Crippen LogP contribution in [-0.4, -0.2) is 13.0 Å². The van der Waals surface area contributed by atoms with Crippen molar-refractivity contribution in [2.24, 2.45) is 5.92 Å². The molecule has 0 atom stereocenters. The molecule has 0 fully saturated rings. The molecule has 0 bridgehead atoms. The van der Waals surface area contributed by atoms with E-state index in [1.165, 1.54) is 0 Å². The zero-order chi connectivity index (χ0) is 17.5. The third kappa shape index (κ3) is 5.46. The Bertz CT molecular complexity index is 702. The lowest BCUT2D eigenvalue weighted by molar-refractivity contribution is -0.116. The Labute approximate surface area is 148 Å². The van der Waals surface area contributed by atoms with Crippen LogP contribution in [0.3, 0.4) is 0 Å². The molecule has 0 aliphatic heterocycles. The fourth-order valence-corrected chi connectivity index (χ4v) is 2.57. The largest absolute Gasteiger partial charge is 0.496 e. The molecule has 24 heavy (non-hydrogen) atoms. The van der Waals surface area contributed by atoms with Crippen molar-refractivity contribution >= 4 is 28.9 Å². The zero-order valence-electron chi connectivity index (χ0n) is 14.2. The van der Waals surface area contributed by atoms with Crippen molar-refractivity contribution in [1.29, 1.82) is 0 Å². The average Bonchev–Trinajstić information content (AvgIpc) is 2.52. The molecule has 0 heterocycles. The van der Waals surface area contributed by atoms with Gasteiger partial charge in [0.1, 0.15) is 5.75 Å². The SMILES string of the molecule is COc1ccc(Cl)cc1CNc1cccc(NC(=O)CC(C)C)c1. The molecule has 5 heteroatoms. The fraction of sp³-hybridized carbons (Fsp3) is 0.316. The molecule has 4 nitrogen and oxygen atoms in total. The molecule has 0 saturated carbocycles. The fourth-order valence-electron chi connectivity index (χ4n) is 2.37. The van der Waals surface area contributed by atoms with E-state index in [9.17, 15) is 4.79 Å². The van der Waals surface area contributed by atoms with Gasteiger partial charge in [-0.2, -0.15) is 0 Å². The summed E-state index contributed by atoms with van der Waals surface area (Å²) in [5.41, 5.74) is 2.67. The number of hydrogen-bond donors (Lipinski definition) is 2. The van der Waals surface area contributed by atoms with Gasteiger partial charge in [0.05, 0.1) is 7.11 Å². The zero-order valence-corrected chi connectivity index (χ0v) is 15.0. The number of methoxy groups -OCH3 is 1. The second-order valence-corrected chi connectivity index (χ2v) is 6.47. The van der Waals surface area contributed by atoms with Gasteiger partial charge in [0.2, 0.25) is 5.91 Å². The predicted molar refractivity (Wildman–Crippen MR) is 99.9 cm³/mol. The lowest BCUT2D eigenvalue weighted by Gasteiger charge is -2.12. The summed E-state index contributed by atoms with van der Waals surface area (Å²) in [6.07, 6.45) is 0.511. The standard InChI is InChI=1S/C19H23ClN2O2/c1-13(2)9-19(23)22-17-6-4-5-16(11-17)21-12-14-10-15(20)7-8-18(14)24-3/h4-8,10-11,13,21H,9,12H2,1-3H3,(H,22,23). The number of anilines is 2. The van der Waals surface area contributed by atoms with E-state index in [-0.39, 0.29) is 5.91 Å². The van der Waals surface area contributed by atoms with Crippen LogP contribution in [0.5, 0.6) is 5.75 Å². The lowest BCUT2D eigenvalue weighted by Crippen LogP contribution is -2.13. The monoisotopic (exact) mass is 346 g/mol. The van der Waals surface area contributed by atoms with E-state index in [1.54, 1.807) is 13.2 Å². The van der Waals surface area contributed by atoms with Gasteiger partial charge in [-0.1, -0.05) is 31.5 Å². The highest BCUT2D eigenvalue weighted by atomic mass is 35.5. The number of nitrogens with one attached hydrogen (secondary N) is 2. The van der Waals surface area contributed by atoms with Crippen LogP contribution in [0.4, 0.5) is 11.4 Å². The third-order valence-corrected chi connectivity index (χ3v) is 3.70. The number of carbonyl (C=O) groups excluding carboxylic acids is 1. The molecule has 128 valence electrons. The van der Waals surface area contributed by atoms with E-state index in [2.05, 4.69) is 10.6 Å². The molecule has 0 unspecified atom stereocenters. The molecule has 2 aromatic carbocycles.